The third kappa shape index (κ3) is 4.22. The van der Waals surface area contributed by atoms with Crippen LogP contribution in [0.25, 0.3) is 10.9 Å². The molecule has 8 nitrogen and oxygen atoms in total. The van der Waals surface area contributed by atoms with Crippen LogP contribution >= 0.6 is 0 Å². The van der Waals surface area contributed by atoms with Gasteiger partial charge in [-0.05, 0) is 50.1 Å². The van der Waals surface area contributed by atoms with E-state index in [1.807, 2.05) is 35.8 Å². The number of benzene rings is 1. The number of carbonyl (C=O) groups is 2. The first-order valence-electron chi connectivity index (χ1n) is 12.9. The second-order valence-corrected chi connectivity index (χ2v) is 10.1. The van der Waals surface area contributed by atoms with E-state index >= 15 is 0 Å². The predicted molar refractivity (Wildman–Crippen MR) is 136 cm³/mol. The van der Waals surface area contributed by atoms with Crippen LogP contribution in [0.4, 0.5) is 0 Å². The molecule has 8 heteroatoms. The van der Waals surface area contributed by atoms with Gasteiger partial charge in [0.1, 0.15) is 28.5 Å². The topological polar surface area (TPSA) is 85.9 Å². The van der Waals surface area contributed by atoms with Gasteiger partial charge in [-0.1, -0.05) is 32.1 Å². The molecule has 192 valence electrons. The van der Waals surface area contributed by atoms with Crippen molar-refractivity contribution in [3.63, 3.8) is 0 Å². The Labute approximate surface area is 211 Å². The summed E-state index contributed by atoms with van der Waals surface area (Å²) >= 11 is 0. The number of furan rings is 1. The van der Waals surface area contributed by atoms with Gasteiger partial charge in [-0.3, -0.25) is 9.59 Å². The van der Waals surface area contributed by atoms with E-state index in [-0.39, 0.29) is 24.4 Å². The van der Waals surface area contributed by atoms with Crippen molar-refractivity contribution in [2.24, 2.45) is 0 Å². The Bertz CT molecular complexity index is 1240. The van der Waals surface area contributed by atoms with Gasteiger partial charge in [0, 0.05) is 11.4 Å². The zero-order chi connectivity index (χ0) is 25.3. The first-order valence-corrected chi connectivity index (χ1v) is 12.9. The van der Waals surface area contributed by atoms with Gasteiger partial charge >= 0.3 is 0 Å². The summed E-state index contributed by atoms with van der Waals surface area (Å²) in [4.78, 5) is 29.7. The van der Waals surface area contributed by atoms with Crippen molar-refractivity contribution in [1.29, 1.82) is 0 Å². The molecule has 5 rings (SSSR count). The van der Waals surface area contributed by atoms with Gasteiger partial charge in [-0.15, -0.1) is 0 Å². The fourth-order valence-corrected chi connectivity index (χ4v) is 5.70. The lowest BCUT2D eigenvalue weighted by Gasteiger charge is -2.44. The van der Waals surface area contributed by atoms with Gasteiger partial charge in [-0.2, -0.15) is 0 Å². The van der Waals surface area contributed by atoms with Crippen molar-refractivity contribution in [2.45, 2.75) is 76.5 Å². The minimum atomic E-state index is -1.13. The number of aromatic nitrogens is 1. The summed E-state index contributed by atoms with van der Waals surface area (Å²) in [6, 6.07) is 9.24. The van der Waals surface area contributed by atoms with Crippen LogP contribution < -0.4 is 14.8 Å². The molecule has 2 amide bonds. The van der Waals surface area contributed by atoms with Crippen molar-refractivity contribution in [1.82, 2.24) is 14.8 Å². The SMILES string of the molecule is COc1ccc(OC)c2c1cc1n2C[C@@](C)(C(=O)NC2CCCCCCC2)N(Cc2ccco2)C1=O. The smallest absolute Gasteiger partial charge is 0.271 e. The number of amides is 2. The lowest BCUT2D eigenvalue weighted by atomic mass is 9.92. The molecule has 36 heavy (non-hydrogen) atoms. The average Bonchev–Trinajstić information content (AvgIpc) is 3.51. The quantitative estimate of drug-likeness (QED) is 0.528. The van der Waals surface area contributed by atoms with Crippen LogP contribution in [-0.2, 0) is 17.9 Å². The van der Waals surface area contributed by atoms with E-state index in [0.717, 1.165) is 36.6 Å². The summed E-state index contributed by atoms with van der Waals surface area (Å²) in [7, 11) is 3.21. The Kier molecular flexibility index (Phi) is 6.69. The molecular formula is C28H35N3O5. The van der Waals surface area contributed by atoms with Gasteiger partial charge in [0.2, 0.25) is 5.91 Å². The van der Waals surface area contributed by atoms with Crippen LogP contribution in [0.2, 0.25) is 0 Å². The zero-order valence-corrected chi connectivity index (χ0v) is 21.3. The molecule has 1 atom stereocenters. The highest BCUT2D eigenvalue weighted by Gasteiger charge is 2.48. The number of nitrogens with zero attached hydrogens (tertiary/aromatic N) is 2. The highest BCUT2D eigenvalue weighted by Crippen LogP contribution is 2.40. The molecule has 0 spiro atoms. The fourth-order valence-electron chi connectivity index (χ4n) is 5.70. The number of hydrogen-bond acceptors (Lipinski definition) is 5. The van der Waals surface area contributed by atoms with E-state index in [0.29, 0.717) is 29.5 Å². The first kappa shape index (κ1) is 24.3. The molecule has 3 aromatic rings. The molecule has 2 aliphatic rings. The highest BCUT2D eigenvalue weighted by atomic mass is 16.5. The molecule has 0 radical (unpaired) electrons. The minimum Gasteiger partial charge on any atom is -0.496 e. The van der Waals surface area contributed by atoms with Crippen LogP contribution in [0.5, 0.6) is 11.5 Å². The Morgan fingerprint density at radius 3 is 2.44 bits per heavy atom. The van der Waals surface area contributed by atoms with Crippen molar-refractivity contribution < 1.29 is 23.5 Å². The lowest BCUT2D eigenvalue weighted by molar-refractivity contribution is -0.134. The molecular weight excluding hydrogens is 458 g/mol. The van der Waals surface area contributed by atoms with Crippen molar-refractivity contribution in [2.75, 3.05) is 14.2 Å². The number of carbonyl (C=O) groups excluding carboxylic acids is 2. The molecule has 0 unspecified atom stereocenters. The Hall–Kier alpha value is -3.42. The van der Waals surface area contributed by atoms with Gasteiger partial charge in [0.05, 0.1) is 39.1 Å². The second kappa shape index (κ2) is 9.91. The molecule has 1 aromatic carbocycles. The van der Waals surface area contributed by atoms with Gasteiger partial charge in [-0.25, -0.2) is 0 Å². The number of nitrogens with one attached hydrogen (secondary N) is 1. The van der Waals surface area contributed by atoms with E-state index in [1.54, 1.807) is 31.4 Å². The normalized spacial score (nSPS) is 21.1. The zero-order valence-electron chi connectivity index (χ0n) is 21.3. The number of fused-ring (bicyclic) bond motifs is 3. The summed E-state index contributed by atoms with van der Waals surface area (Å²) in [6.07, 6.45) is 9.41. The second-order valence-electron chi connectivity index (χ2n) is 10.1. The summed E-state index contributed by atoms with van der Waals surface area (Å²) in [6.45, 7) is 2.35. The Balaban J connectivity index is 1.57. The molecule has 1 aliphatic carbocycles. The van der Waals surface area contributed by atoms with Gasteiger partial charge in [0.25, 0.3) is 5.91 Å². The average molecular weight is 494 g/mol. The third-order valence-corrected chi connectivity index (χ3v) is 7.77. The maximum Gasteiger partial charge on any atom is 0.271 e. The molecule has 1 fully saturated rings. The van der Waals surface area contributed by atoms with Crippen LogP contribution in [0.1, 0.15) is 68.1 Å². The summed E-state index contributed by atoms with van der Waals surface area (Å²) in [5, 5.41) is 4.10. The largest absolute Gasteiger partial charge is 0.496 e. The lowest BCUT2D eigenvalue weighted by Crippen LogP contribution is -2.64. The number of methoxy groups -OCH3 is 2. The van der Waals surface area contributed by atoms with Crippen LogP contribution in [0, 0.1) is 0 Å². The third-order valence-electron chi connectivity index (χ3n) is 7.77. The van der Waals surface area contributed by atoms with Crippen molar-refractivity contribution in [3.8, 4) is 11.5 Å². The van der Waals surface area contributed by atoms with E-state index < -0.39 is 5.54 Å². The maximum atomic E-state index is 14.0. The highest BCUT2D eigenvalue weighted by molar-refractivity contribution is 6.05. The molecule has 2 aromatic heterocycles. The standard InChI is InChI=1S/C28H35N3O5/c1-28(27(33)29-19-10-7-5-4-6-8-11-19)18-30-22(26(32)31(28)17-20-12-9-15-36-20)16-21-23(34-2)13-14-24(35-3)25(21)30/h9,12-16,19H,4-8,10-11,17-18H2,1-3H3,(H,29,33)/t28-/m0/s1. The molecule has 1 saturated carbocycles. The molecule has 3 heterocycles. The maximum absolute atomic E-state index is 14.0. The summed E-state index contributed by atoms with van der Waals surface area (Å²) in [5.74, 6) is 1.55. The molecule has 0 saturated heterocycles. The van der Waals surface area contributed by atoms with E-state index in [1.165, 1.54) is 19.3 Å². The summed E-state index contributed by atoms with van der Waals surface area (Å²) < 4.78 is 18.7. The number of rotatable bonds is 6. The van der Waals surface area contributed by atoms with Gasteiger partial charge < -0.3 is 28.7 Å². The van der Waals surface area contributed by atoms with Crippen LogP contribution in [0.15, 0.2) is 41.0 Å². The Morgan fingerprint density at radius 2 is 1.78 bits per heavy atom. The first-order chi connectivity index (χ1) is 17.5. The Morgan fingerprint density at radius 1 is 1.08 bits per heavy atom. The van der Waals surface area contributed by atoms with E-state index in [2.05, 4.69) is 5.32 Å². The van der Waals surface area contributed by atoms with Crippen LogP contribution in [-0.4, -0.2) is 47.1 Å². The van der Waals surface area contributed by atoms with E-state index in [4.69, 9.17) is 13.9 Å². The van der Waals surface area contributed by atoms with Crippen molar-refractivity contribution >= 4 is 22.7 Å². The van der Waals surface area contributed by atoms with Crippen molar-refractivity contribution in [3.05, 3.63) is 48.0 Å². The van der Waals surface area contributed by atoms with E-state index in [9.17, 15) is 9.59 Å². The van der Waals surface area contributed by atoms with Gasteiger partial charge in [0.15, 0.2) is 0 Å². The molecule has 0 bridgehead atoms. The predicted octanol–water partition coefficient (Wildman–Crippen LogP) is 4.90. The minimum absolute atomic E-state index is 0.118. The summed E-state index contributed by atoms with van der Waals surface area (Å²) in [5.41, 5.74) is 0.123. The van der Waals surface area contributed by atoms with Crippen LogP contribution in [0.3, 0.4) is 0 Å². The fraction of sp³-hybridized carbons (Fsp3) is 0.500. The monoisotopic (exact) mass is 493 g/mol. The molecule has 1 aliphatic heterocycles. The molecule has 1 N–H and O–H groups in total. The number of ether oxygens (including phenoxy) is 2. The number of hydrogen-bond donors (Lipinski definition) is 1.